The maximum Gasteiger partial charge on any atom is 0.191 e. The maximum atomic E-state index is 4.65. The Bertz CT molecular complexity index is 483. The van der Waals surface area contributed by atoms with E-state index in [1.165, 1.54) is 6.42 Å². The molecule has 0 spiro atoms. The van der Waals surface area contributed by atoms with Gasteiger partial charge in [-0.25, -0.2) is 0 Å². The van der Waals surface area contributed by atoms with Gasteiger partial charge in [-0.1, -0.05) is 26.8 Å². The number of aryl methyl sites for hydroxylation is 1. The monoisotopic (exact) mass is 448 g/mol. The average molecular weight is 448 g/mol. The molecule has 1 atom stereocenters. The molecule has 1 unspecified atom stereocenters. The van der Waals surface area contributed by atoms with E-state index in [9.17, 15) is 0 Å². The highest BCUT2D eigenvalue weighted by Gasteiger charge is 2.06. The van der Waals surface area contributed by atoms with Crippen molar-refractivity contribution in [3.05, 3.63) is 24.8 Å². The molecule has 0 radical (unpaired) electrons. The van der Waals surface area contributed by atoms with E-state index in [1.54, 1.807) is 6.33 Å². The molecule has 6 nitrogen and oxygen atoms in total. The molecule has 0 fully saturated rings. The van der Waals surface area contributed by atoms with Crippen LogP contribution in [0.5, 0.6) is 0 Å². The lowest BCUT2D eigenvalue weighted by Gasteiger charge is -2.18. The number of hydrogen-bond donors (Lipinski definition) is 2. The fourth-order valence-electron chi connectivity index (χ4n) is 2.22. The van der Waals surface area contributed by atoms with Crippen molar-refractivity contribution in [2.45, 2.75) is 59.5 Å². The summed E-state index contributed by atoms with van der Waals surface area (Å²) in [5.74, 6) is 2.56. The molecule has 0 saturated heterocycles. The number of aliphatic imine (C=N–C) groups is 1. The molecule has 0 amide bonds. The van der Waals surface area contributed by atoms with E-state index in [4.69, 9.17) is 0 Å². The van der Waals surface area contributed by atoms with Gasteiger partial charge in [0.1, 0.15) is 12.2 Å². The lowest BCUT2D eigenvalue weighted by molar-refractivity contribution is 0.489. The number of hydrogen-bond acceptors (Lipinski definition) is 3. The van der Waals surface area contributed by atoms with Crippen molar-refractivity contribution in [2.24, 2.45) is 10.9 Å². The van der Waals surface area contributed by atoms with E-state index in [2.05, 4.69) is 64.7 Å². The van der Waals surface area contributed by atoms with Gasteiger partial charge < -0.3 is 15.2 Å². The molecule has 0 saturated carbocycles. The van der Waals surface area contributed by atoms with Crippen LogP contribution in [-0.4, -0.2) is 39.9 Å². The third-order valence-electron chi connectivity index (χ3n) is 3.60. The molecular formula is C17H33IN6. The second-order valence-corrected chi connectivity index (χ2v) is 6.21. The van der Waals surface area contributed by atoms with Crippen molar-refractivity contribution in [3.63, 3.8) is 0 Å². The largest absolute Gasteiger partial charge is 0.354 e. The molecule has 24 heavy (non-hydrogen) atoms. The second-order valence-electron chi connectivity index (χ2n) is 6.21. The molecule has 0 aliphatic rings. The predicted molar refractivity (Wildman–Crippen MR) is 112 cm³/mol. The first kappa shape index (κ1) is 22.9. The normalized spacial score (nSPS) is 12.6. The molecule has 1 aromatic rings. The average Bonchev–Trinajstić information content (AvgIpc) is 2.97. The zero-order valence-corrected chi connectivity index (χ0v) is 17.8. The molecule has 7 heteroatoms. The minimum absolute atomic E-state index is 0. The summed E-state index contributed by atoms with van der Waals surface area (Å²) < 4.78 is 2.05. The van der Waals surface area contributed by atoms with Crippen LogP contribution in [0.2, 0.25) is 0 Å². The van der Waals surface area contributed by atoms with Gasteiger partial charge in [0.15, 0.2) is 5.96 Å². The van der Waals surface area contributed by atoms with E-state index in [1.807, 2.05) is 6.08 Å². The van der Waals surface area contributed by atoms with Crippen LogP contribution in [0.3, 0.4) is 0 Å². The predicted octanol–water partition coefficient (Wildman–Crippen LogP) is 3.00. The molecule has 0 aromatic carbocycles. The van der Waals surface area contributed by atoms with Crippen LogP contribution in [0, 0.1) is 5.92 Å². The topological polar surface area (TPSA) is 67.1 Å². The standard InChI is InChI=1S/C17H32N6.HI/c1-6-10-18-17(21-15(5)9-8-14(3)4)19-11-12-23-13-20-22-16(23)7-2;/h6,13-15H,1,7-12H2,2-5H3,(H2,18,19,21);1H. The van der Waals surface area contributed by atoms with Gasteiger partial charge in [0.2, 0.25) is 0 Å². The van der Waals surface area contributed by atoms with Crippen molar-refractivity contribution in [3.8, 4) is 0 Å². The van der Waals surface area contributed by atoms with Crippen molar-refractivity contribution in [1.29, 1.82) is 0 Å². The smallest absolute Gasteiger partial charge is 0.191 e. The van der Waals surface area contributed by atoms with Crippen LogP contribution in [-0.2, 0) is 13.0 Å². The molecule has 0 bridgehead atoms. The third-order valence-corrected chi connectivity index (χ3v) is 3.60. The molecule has 1 aromatic heterocycles. The first-order chi connectivity index (χ1) is 11.1. The van der Waals surface area contributed by atoms with Gasteiger partial charge in [0.05, 0.1) is 6.54 Å². The Hall–Kier alpha value is -1.12. The maximum absolute atomic E-state index is 4.65. The molecule has 138 valence electrons. The summed E-state index contributed by atoms with van der Waals surface area (Å²) >= 11 is 0. The lowest BCUT2D eigenvalue weighted by Crippen LogP contribution is -2.42. The van der Waals surface area contributed by atoms with Gasteiger partial charge in [0, 0.05) is 25.6 Å². The fourth-order valence-corrected chi connectivity index (χ4v) is 2.22. The van der Waals surface area contributed by atoms with Gasteiger partial charge in [-0.05, 0) is 25.7 Å². The van der Waals surface area contributed by atoms with E-state index >= 15 is 0 Å². The molecule has 0 aliphatic carbocycles. The Kier molecular flexibility index (Phi) is 12.6. The first-order valence-corrected chi connectivity index (χ1v) is 8.59. The van der Waals surface area contributed by atoms with E-state index in [-0.39, 0.29) is 24.0 Å². The quantitative estimate of drug-likeness (QED) is 0.250. The fraction of sp³-hybridized carbons (Fsp3) is 0.706. The van der Waals surface area contributed by atoms with Crippen LogP contribution < -0.4 is 10.6 Å². The highest BCUT2D eigenvalue weighted by molar-refractivity contribution is 14.0. The zero-order chi connectivity index (χ0) is 17.1. The van der Waals surface area contributed by atoms with Gasteiger partial charge in [-0.3, -0.25) is 4.99 Å². The van der Waals surface area contributed by atoms with Crippen LogP contribution >= 0.6 is 24.0 Å². The highest BCUT2D eigenvalue weighted by atomic mass is 127. The first-order valence-electron chi connectivity index (χ1n) is 8.59. The summed E-state index contributed by atoms with van der Waals surface area (Å²) in [4.78, 5) is 4.65. The van der Waals surface area contributed by atoms with Gasteiger partial charge in [-0.2, -0.15) is 0 Å². The Morgan fingerprint density at radius 1 is 1.38 bits per heavy atom. The molecule has 0 aliphatic heterocycles. The Morgan fingerprint density at radius 3 is 2.75 bits per heavy atom. The number of nitrogens with one attached hydrogen (secondary N) is 2. The molecule has 1 heterocycles. The van der Waals surface area contributed by atoms with E-state index in [0.717, 1.165) is 37.1 Å². The van der Waals surface area contributed by atoms with Gasteiger partial charge in [0.25, 0.3) is 0 Å². The Labute approximate surface area is 163 Å². The van der Waals surface area contributed by atoms with Crippen molar-refractivity contribution >= 4 is 29.9 Å². The summed E-state index contributed by atoms with van der Waals surface area (Å²) in [5, 5.41) is 14.8. The minimum Gasteiger partial charge on any atom is -0.354 e. The zero-order valence-electron chi connectivity index (χ0n) is 15.5. The summed E-state index contributed by atoms with van der Waals surface area (Å²) in [6.45, 7) is 14.7. The number of guanidine groups is 1. The highest BCUT2D eigenvalue weighted by Crippen LogP contribution is 2.06. The second kappa shape index (κ2) is 13.2. The van der Waals surface area contributed by atoms with Gasteiger partial charge in [-0.15, -0.1) is 40.8 Å². The van der Waals surface area contributed by atoms with Crippen molar-refractivity contribution in [1.82, 2.24) is 25.4 Å². The number of aromatic nitrogens is 3. The van der Waals surface area contributed by atoms with Crippen LogP contribution in [0.1, 0.15) is 46.4 Å². The summed E-state index contributed by atoms with van der Waals surface area (Å²) in [6.07, 6.45) is 6.84. The number of halogens is 1. The van der Waals surface area contributed by atoms with Crippen molar-refractivity contribution in [2.75, 3.05) is 13.1 Å². The van der Waals surface area contributed by atoms with Crippen LogP contribution in [0.15, 0.2) is 24.0 Å². The third kappa shape index (κ3) is 9.24. The van der Waals surface area contributed by atoms with Crippen molar-refractivity contribution < 1.29 is 0 Å². The molecule has 1 rings (SSSR count). The SMILES string of the molecule is C=CCNC(=NCCn1cnnc1CC)NC(C)CCC(C)C.I. The van der Waals surface area contributed by atoms with Crippen LogP contribution in [0.4, 0.5) is 0 Å². The van der Waals surface area contributed by atoms with Crippen LogP contribution in [0.25, 0.3) is 0 Å². The lowest BCUT2D eigenvalue weighted by atomic mass is 10.0. The Morgan fingerprint density at radius 2 is 2.12 bits per heavy atom. The number of rotatable bonds is 10. The summed E-state index contributed by atoms with van der Waals surface area (Å²) in [7, 11) is 0. The molecular weight excluding hydrogens is 415 g/mol. The summed E-state index contributed by atoms with van der Waals surface area (Å²) in [5.41, 5.74) is 0. The summed E-state index contributed by atoms with van der Waals surface area (Å²) in [6, 6.07) is 0.398. The van der Waals surface area contributed by atoms with E-state index < -0.39 is 0 Å². The molecule has 2 N–H and O–H groups in total. The minimum atomic E-state index is 0. The Balaban J connectivity index is 0.00000529. The van der Waals surface area contributed by atoms with Gasteiger partial charge >= 0.3 is 0 Å². The number of nitrogens with zero attached hydrogens (tertiary/aromatic N) is 4. The van der Waals surface area contributed by atoms with E-state index in [0.29, 0.717) is 19.1 Å².